The molecule has 0 N–H and O–H groups in total. The molecule has 4 aliphatic carbocycles. The fourth-order valence-electron chi connectivity index (χ4n) is 5.25. The zero-order valence-electron chi connectivity index (χ0n) is 12.0. The van der Waals surface area contributed by atoms with Crippen molar-refractivity contribution < 1.29 is 8.42 Å². The highest BCUT2D eigenvalue weighted by atomic mass is 79.9. The molecule has 116 valence electrons. The SMILES string of the molecule is CN(C1C2CC3CC(C2)CC1C3)S(=O)(=O)c1sccc1Br. The van der Waals surface area contributed by atoms with Gasteiger partial charge in [0.05, 0.1) is 0 Å². The minimum Gasteiger partial charge on any atom is -0.206 e. The van der Waals surface area contributed by atoms with Crippen molar-refractivity contribution >= 4 is 37.3 Å². The molecule has 0 spiro atoms. The predicted octanol–water partition coefficient (Wildman–Crippen LogP) is 3.96. The number of halogens is 1. The van der Waals surface area contributed by atoms with Gasteiger partial charge in [0.25, 0.3) is 10.0 Å². The summed E-state index contributed by atoms with van der Waals surface area (Å²) in [4.78, 5) is 0. The molecular formula is C15H20BrNO2S2. The molecule has 21 heavy (non-hydrogen) atoms. The van der Waals surface area contributed by atoms with Crippen molar-refractivity contribution in [3.05, 3.63) is 15.9 Å². The van der Waals surface area contributed by atoms with Crippen LogP contribution in [-0.4, -0.2) is 25.8 Å². The van der Waals surface area contributed by atoms with E-state index >= 15 is 0 Å². The van der Waals surface area contributed by atoms with E-state index in [1.54, 1.807) is 11.4 Å². The molecule has 0 aromatic carbocycles. The highest BCUT2D eigenvalue weighted by Crippen LogP contribution is 2.55. The summed E-state index contributed by atoms with van der Waals surface area (Å²) in [5.41, 5.74) is 0. The maximum absolute atomic E-state index is 12.9. The Kier molecular flexibility index (Phi) is 3.52. The first-order valence-electron chi connectivity index (χ1n) is 7.68. The lowest BCUT2D eigenvalue weighted by Gasteiger charge is -2.56. The van der Waals surface area contributed by atoms with Crippen LogP contribution in [0.3, 0.4) is 0 Å². The van der Waals surface area contributed by atoms with Crippen LogP contribution in [0.4, 0.5) is 0 Å². The van der Waals surface area contributed by atoms with Crippen molar-refractivity contribution in [2.75, 3.05) is 7.05 Å². The number of nitrogens with zero attached hydrogens (tertiary/aromatic N) is 1. The van der Waals surface area contributed by atoms with E-state index in [4.69, 9.17) is 0 Å². The van der Waals surface area contributed by atoms with Crippen LogP contribution < -0.4 is 0 Å². The molecule has 0 amide bonds. The van der Waals surface area contributed by atoms with E-state index in [9.17, 15) is 8.42 Å². The van der Waals surface area contributed by atoms with Crippen molar-refractivity contribution in [1.29, 1.82) is 0 Å². The molecule has 6 heteroatoms. The summed E-state index contributed by atoms with van der Waals surface area (Å²) >= 11 is 4.69. The first-order valence-corrected chi connectivity index (χ1v) is 10.8. The fraction of sp³-hybridized carbons (Fsp3) is 0.733. The lowest BCUT2D eigenvalue weighted by Crippen LogP contribution is -2.56. The van der Waals surface area contributed by atoms with Gasteiger partial charge in [0.1, 0.15) is 4.21 Å². The second kappa shape index (κ2) is 5.05. The van der Waals surface area contributed by atoms with Gasteiger partial charge in [-0.2, -0.15) is 4.31 Å². The van der Waals surface area contributed by atoms with Gasteiger partial charge in [-0.3, -0.25) is 0 Å². The van der Waals surface area contributed by atoms with Gasteiger partial charge in [0, 0.05) is 17.6 Å². The molecule has 4 aliphatic rings. The maximum atomic E-state index is 12.9. The summed E-state index contributed by atoms with van der Waals surface area (Å²) < 4.78 is 28.7. The Morgan fingerprint density at radius 2 is 1.71 bits per heavy atom. The molecule has 1 aromatic rings. The molecule has 1 aromatic heterocycles. The van der Waals surface area contributed by atoms with Crippen molar-refractivity contribution in [3.8, 4) is 0 Å². The van der Waals surface area contributed by atoms with E-state index in [1.807, 2.05) is 11.4 Å². The van der Waals surface area contributed by atoms with Gasteiger partial charge in [0.15, 0.2) is 0 Å². The highest BCUT2D eigenvalue weighted by molar-refractivity contribution is 9.10. The quantitative estimate of drug-likeness (QED) is 0.784. The standard InChI is InChI=1S/C15H20BrNO2S2/c1-17(21(18,19)15-13(16)2-3-20-15)14-11-5-9-4-10(7-11)8-12(14)6-9/h2-3,9-12,14H,4-8H2,1H3. The number of sulfonamides is 1. The van der Waals surface area contributed by atoms with E-state index in [1.165, 1.54) is 43.4 Å². The number of rotatable bonds is 3. The minimum absolute atomic E-state index is 0.219. The smallest absolute Gasteiger partial charge is 0.206 e. The molecule has 0 unspecified atom stereocenters. The molecule has 4 fully saturated rings. The van der Waals surface area contributed by atoms with Gasteiger partial charge in [-0.25, -0.2) is 8.42 Å². The van der Waals surface area contributed by atoms with Gasteiger partial charge < -0.3 is 0 Å². The fourth-order valence-corrected chi connectivity index (χ4v) is 9.20. The normalized spacial score (nSPS) is 38.3. The van der Waals surface area contributed by atoms with Crippen molar-refractivity contribution in [3.63, 3.8) is 0 Å². The van der Waals surface area contributed by atoms with Crippen LogP contribution in [0.5, 0.6) is 0 Å². The van der Waals surface area contributed by atoms with E-state index in [2.05, 4.69) is 15.9 Å². The third-order valence-corrected chi connectivity index (χ3v) is 10.3. The summed E-state index contributed by atoms with van der Waals surface area (Å²) in [5, 5.41) is 1.84. The van der Waals surface area contributed by atoms with Crippen LogP contribution >= 0.6 is 27.3 Å². The molecule has 0 atom stereocenters. The Morgan fingerprint density at radius 3 is 2.19 bits per heavy atom. The van der Waals surface area contributed by atoms with E-state index in [0.29, 0.717) is 20.5 Å². The average molecular weight is 390 g/mol. The first-order chi connectivity index (χ1) is 9.96. The van der Waals surface area contributed by atoms with Gasteiger partial charge in [-0.05, 0) is 83.2 Å². The maximum Gasteiger partial charge on any atom is 0.253 e. The monoisotopic (exact) mass is 389 g/mol. The third kappa shape index (κ3) is 2.25. The largest absolute Gasteiger partial charge is 0.253 e. The lowest BCUT2D eigenvalue weighted by atomic mass is 9.54. The number of thiophene rings is 1. The van der Waals surface area contributed by atoms with Gasteiger partial charge in [-0.15, -0.1) is 11.3 Å². The Labute approximate surface area is 138 Å². The van der Waals surface area contributed by atoms with Crippen LogP contribution in [0.15, 0.2) is 20.1 Å². The summed E-state index contributed by atoms with van der Waals surface area (Å²) in [6.45, 7) is 0. The second-order valence-electron chi connectivity index (χ2n) is 7.00. The van der Waals surface area contributed by atoms with Crippen molar-refractivity contribution in [2.24, 2.45) is 23.7 Å². The van der Waals surface area contributed by atoms with E-state index in [-0.39, 0.29) is 6.04 Å². The molecule has 0 radical (unpaired) electrons. The van der Waals surface area contributed by atoms with Gasteiger partial charge in [0.2, 0.25) is 0 Å². The Morgan fingerprint density at radius 1 is 1.14 bits per heavy atom. The van der Waals surface area contributed by atoms with Crippen LogP contribution in [0.2, 0.25) is 0 Å². The first kappa shape index (κ1) is 14.7. The lowest BCUT2D eigenvalue weighted by molar-refractivity contribution is -0.0350. The minimum atomic E-state index is -3.37. The summed E-state index contributed by atoms with van der Waals surface area (Å²) in [6.07, 6.45) is 6.35. The molecule has 3 nitrogen and oxygen atoms in total. The highest BCUT2D eigenvalue weighted by Gasteiger charge is 2.51. The van der Waals surface area contributed by atoms with E-state index < -0.39 is 10.0 Å². The molecule has 1 heterocycles. The molecule has 0 saturated heterocycles. The number of hydrogen-bond donors (Lipinski definition) is 0. The van der Waals surface area contributed by atoms with Crippen LogP contribution in [0, 0.1) is 23.7 Å². The predicted molar refractivity (Wildman–Crippen MR) is 87.8 cm³/mol. The van der Waals surface area contributed by atoms with Crippen LogP contribution in [0.25, 0.3) is 0 Å². The van der Waals surface area contributed by atoms with Gasteiger partial charge >= 0.3 is 0 Å². The zero-order chi connectivity index (χ0) is 14.8. The van der Waals surface area contributed by atoms with E-state index in [0.717, 1.165) is 11.8 Å². The average Bonchev–Trinajstić information content (AvgIpc) is 2.84. The topological polar surface area (TPSA) is 37.4 Å². The number of hydrogen-bond acceptors (Lipinski definition) is 3. The third-order valence-electron chi connectivity index (χ3n) is 5.79. The molecule has 0 aliphatic heterocycles. The zero-order valence-corrected chi connectivity index (χ0v) is 15.3. The molecule has 4 saturated carbocycles. The molecular weight excluding hydrogens is 370 g/mol. The Hall–Kier alpha value is 0.0900. The summed E-state index contributed by atoms with van der Waals surface area (Å²) in [6, 6.07) is 2.04. The summed E-state index contributed by atoms with van der Waals surface area (Å²) in [7, 11) is -1.57. The Balaban J connectivity index is 1.66. The molecule has 5 rings (SSSR count). The molecule has 4 bridgehead atoms. The Bertz CT molecular complexity index is 626. The van der Waals surface area contributed by atoms with Gasteiger partial charge in [-0.1, -0.05) is 0 Å². The van der Waals surface area contributed by atoms with Crippen molar-refractivity contribution in [1.82, 2.24) is 4.31 Å². The van der Waals surface area contributed by atoms with Crippen LogP contribution in [-0.2, 0) is 10.0 Å². The van der Waals surface area contributed by atoms with Crippen LogP contribution in [0.1, 0.15) is 32.1 Å². The van der Waals surface area contributed by atoms with Crippen molar-refractivity contribution in [2.45, 2.75) is 42.4 Å². The second-order valence-corrected chi connectivity index (χ2v) is 11.0. The summed E-state index contributed by atoms with van der Waals surface area (Å²) in [5.74, 6) is 2.90.